The average Bonchev–Trinajstić information content (AvgIpc) is 2.16. The second kappa shape index (κ2) is 5.39. The topological polar surface area (TPSA) is 37.8 Å². The minimum absolute atomic E-state index is 0.0219. The third kappa shape index (κ3) is 4.27. The Hall–Kier alpha value is -0.960. The molecule has 0 aliphatic heterocycles. The van der Waals surface area contributed by atoms with Crippen LogP contribution >= 0.6 is 0 Å². The number of hydrogen-bond acceptors (Lipinski definition) is 3. The highest BCUT2D eigenvalue weighted by Gasteiger charge is 2.17. The van der Waals surface area contributed by atoms with Gasteiger partial charge in [-0.1, -0.05) is 34.6 Å². The second-order valence-corrected chi connectivity index (χ2v) is 5.65. The molecule has 3 heteroatoms. The molecule has 0 amide bonds. The second-order valence-electron chi connectivity index (χ2n) is 5.65. The van der Waals surface area contributed by atoms with Crippen LogP contribution in [-0.2, 0) is 12.0 Å². The van der Waals surface area contributed by atoms with Gasteiger partial charge in [-0.15, -0.1) is 0 Å². The molecule has 0 aliphatic rings. The van der Waals surface area contributed by atoms with Crippen molar-refractivity contribution in [1.82, 2.24) is 15.3 Å². The molecule has 0 saturated carbocycles. The third-order valence-corrected chi connectivity index (χ3v) is 2.24. The summed E-state index contributed by atoms with van der Waals surface area (Å²) in [7, 11) is 0. The highest BCUT2D eigenvalue weighted by atomic mass is 14.9. The lowest BCUT2D eigenvalue weighted by Gasteiger charge is -2.17. The molecular formula is C13H23N3. The molecule has 0 saturated heterocycles. The molecule has 0 aliphatic carbocycles. The molecule has 0 bridgehead atoms. The van der Waals surface area contributed by atoms with Crippen molar-refractivity contribution in [3.63, 3.8) is 0 Å². The minimum atomic E-state index is 0.0219. The van der Waals surface area contributed by atoms with Crippen molar-refractivity contribution in [3.8, 4) is 0 Å². The van der Waals surface area contributed by atoms with E-state index in [2.05, 4.69) is 49.9 Å². The number of nitrogens with one attached hydrogen (secondary N) is 1. The van der Waals surface area contributed by atoms with E-state index < -0.39 is 0 Å². The van der Waals surface area contributed by atoms with Crippen LogP contribution in [0.4, 0.5) is 0 Å². The summed E-state index contributed by atoms with van der Waals surface area (Å²) in [6.45, 7) is 12.6. The summed E-state index contributed by atoms with van der Waals surface area (Å²) in [6.07, 6.45) is 1.85. The van der Waals surface area contributed by atoms with Gasteiger partial charge in [-0.05, 0) is 18.5 Å². The van der Waals surface area contributed by atoms with Crippen LogP contribution in [0.1, 0.15) is 46.1 Å². The quantitative estimate of drug-likeness (QED) is 0.849. The summed E-state index contributed by atoms with van der Waals surface area (Å²) in [4.78, 5) is 8.88. The van der Waals surface area contributed by atoms with Crippen molar-refractivity contribution in [2.24, 2.45) is 5.92 Å². The number of rotatable bonds is 4. The van der Waals surface area contributed by atoms with Crippen LogP contribution in [0, 0.1) is 5.92 Å². The highest BCUT2D eigenvalue weighted by molar-refractivity contribution is 5.08. The number of nitrogens with zero attached hydrogens (tertiary/aromatic N) is 2. The van der Waals surface area contributed by atoms with E-state index in [0.717, 1.165) is 24.6 Å². The van der Waals surface area contributed by atoms with Gasteiger partial charge in [-0.25, -0.2) is 9.97 Å². The monoisotopic (exact) mass is 221 g/mol. The first-order valence-corrected chi connectivity index (χ1v) is 5.92. The third-order valence-electron chi connectivity index (χ3n) is 2.24. The van der Waals surface area contributed by atoms with Crippen LogP contribution in [0.25, 0.3) is 0 Å². The Morgan fingerprint density at radius 3 is 2.56 bits per heavy atom. The molecule has 0 aromatic carbocycles. The van der Waals surface area contributed by atoms with Crippen molar-refractivity contribution >= 4 is 0 Å². The van der Waals surface area contributed by atoms with Crippen molar-refractivity contribution in [3.05, 3.63) is 23.8 Å². The van der Waals surface area contributed by atoms with Gasteiger partial charge in [0.1, 0.15) is 5.82 Å². The summed E-state index contributed by atoms with van der Waals surface area (Å²) in [5, 5.41) is 3.39. The Morgan fingerprint density at radius 1 is 1.31 bits per heavy atom. The lowest BCUT2D eigenvalue weighted by atomic mass is 9.96. The van der Waals surface area contributed by atoms with E-state index in [-0.39, 0.29) is 5.41 Å². The van der Waals surface area contributed by atoms with E-state index in [1.165, 1.54) is 0 Å². The number of hydrogen-bond donors (Lipinski definition) is 1. The normalized spacial score (nSPS) is 12.1. The van der Waals surface area contributed by atoms with E-state index in [4.69, 9.17) is 0 Å². The lowest BCUT2D eigenvalue weighted by molar-refractivity contribution is 0.525. The summed E-state index contributed by atoms with van der Waals surface area (Å²) >= 11 is 0. The zero-order chi connectivity index (χ0) is 12.2. The Bertz CT molecular complexity index is 326. The van der Waals surface area contributed by atoms with Gasteiger partial charge in [-0.3, -0.25) is 0 Å². The standard InChI is InChI=1S/C13H23N3/c1-10(2)8-14-9-11-6-7-15-12(16-11)13(3,4)5/h6-7,10,14H,8-9H2,1-5H3. The summed E-state index contributed by atoms with van der Waals surface area (Å²) in [5.74, 6) is 1.58. The molecule has 0 atom stereocenters. The smallest absolute Gasteiger partial charge is 0.133 e. The van der Waals surface area contributed by atoms with Crippen LogP contribution in [0.15, 0.2) is 12.3 Å². The summed E-state index contributed by atoms with van der Waals surface area (Å²) < 4.78 is 0. The Balaban J connectivity index is 2.61. The highest BCUT2D eigenvalue weighted by Crippen LogP contribution is 2.17. The predicted octanol–water partition coefficient (Wildman–Crippen LogP) is 2.52. The van der Waals surface area contributed by atoms with Crippen LogP contribution in [-0.4, -0.2) is 16.5 Å². The van der Waals surface area contributed by atoms with E-state index in [0.29, 0.717) is 5.92 Å². The van der Waals surface area contributed by atoms with Gasteiger partial charge in [0.15, 0.2) is 0 Å². The minimum Gasteiger partial charge on any atom is -0.311 e. The lowest BCUT2D eigenvalue weighted by Crippen LogP contribution is -2.22. The molecule has 1 aromatic rings. The van der Waals surface area contributed by atoms with Crippen LogP contribution in [0.2, 0.25) is 0 Å². The van der Waals surface area contributed by atoms with Crippen LogP contribution in [0.5, 0.6) is 0 Å². The van der Waals surface area contributed by atoms with Gasteiger partial charge in [-0.2, -0.15) is 0 Å². The summed E-state index contributed by atoms with van der Waals surface area (Å²) in [5.41, 5.74) is 1.09. The molecule has 3 nitrogen and oxygen atoms in total. The molecule has 1 N–H and O–H groups in total. The van der Waals surface area contributed by atoms with Crippen molar-refractivity contribution in [1.29, 1.82) is 0 Å². The maximum absolute atomic E-state index is 4.57. The first kappa shape index (κ1) is 13.1. The van der Waals surface area contributed by atoms with Gasteiger partial charge < -0.3 is 5.32 Å². The fraction of sp³-hybridized carbons (Fsp3) is 0.692. The SMILES string of the molecule is CC(C)CNCc1ccnc(C(C)(C)C)n1. The molecule has 1 heterocycles. The van der Waals surface area contributed by atoms with Crippen molar-refractivity contribution in [2.75, 3.05) is 6.54 Å². The number of aromatic nitrogens is 2. The Morgan fingerprint density at radius 2 is 2.00 bits per heavy atom. The van der Waals surface area contributed by atoms with Gasteiger partial charge in [0.2, 0.25) is 0 Å². The molecular weight excluding hydrogens is 198 g/mol. The van der Waals surface area contributed by atoms with Crippen LogP contribution < -0.4 is 5.32 Å². The van der Waals surface area contributed by atoms with Crippen molar-refractivity contribution in [2.45, 2.75) is 46.6 Å². The summed E-state index contributed by atoms with van der Waals surface area (Å²) in [6, 6.07) is 1.97. The van der Waals surface area contributed by atoms with Gasteiger partial charge in [0.05, 0.1) is 5.69 Å². The van der Waals surface area contributed by atoms with Gasteiger partial charge in [0.25, 0.3) is 0 Å². The fourth-order valence-corrected chi connectivity index (χ4v) is 1.34. The maximum atomic E-state index is 4.57. The van der Waals surface area contributed by atoms with Crippen LogP contribution in [0.3, 0.4) is 0 Å². The molecule has 0 radical (unpaired) electrons. The Labute approximate surface area is 98.7 Å². The predicted molar refractivity (Wildman–Crippen MR) is 67.3 cm³/mol. The van der Waals surface area contributed by atoms with E-state index in [1.807, 2.05) is 12.3 Å². The molecule has 16 heavy (non-hydrogen) atoms. The van der Waals surface area contributed by atoms with E-state index in [9.17, 15) is 0 Å². The van der Waals surface area contributed by atoms with E-state index in [1.54, 1.807) is 0 Å². The van der Waals surface area contributed by atoms with E-state index >= 15 is 0 Å². The van der Waals surface area contributed by atoms with Gasteiger partial charge in [0, 0.05) is 18.2 Å². The van der Waals surface area contributed by atoms with Gasteiger partial charge >= 0.3 is 0 Å². The fourth-order valence-electron chi connectivity index (χ4n) is 1.34. The zero-order valence-electron chi connectivity index (χ0n) is 11.0. The molecule has 0 spiro atoms. The molecule has 0 unspecified atom stereocenters. The molecule has 1 aromatic heterocycles. The average molecular weight is 221 g/mol. The zero-order valence-corrected chi connectivity index (χ0v) is 11.0. The maximum Gasteiger partial charge on any atom is 0.133 e. The molecule has 90 valence electrons. The van der Waals surface area contributed by atoms with Crippen molar-refractivity contribution < 1.29 is 0 Å². The first-order valence-electron chi connectivity index (χ1n) is 5.92. The Kier molecular flexibility index (Phi) is 4.42. The molecule has 1 rings (SSSR count). The first-order chi connectivity index (χ1) is 7.39. The molecule has 0 fully saturated rings. The largest absolute Gasteiger partial charge is 0.311 e.